The van der Waals surface area contributed by atoms with Gasteiger partial charge < -0.3 is 20.1 Å². The second kappa shape index (κ2) is 7.25. The van der Waals surface area contributed by atoms with E-state index < -0.39 is 0 Å². The van der Waals surface area contributed by atoms with Gasteiger partial charge in [0.2, 0.25) is 0 Å². The number of nitrogens with zero attached hydrogens (tertiary/aromatic N) is 1. The summed E-state index contributed by atoms with van der Waals surface area (Å²) in [6, 6.07) is 9.02. The molecule has 1 aliphatic heterocycles. The number of morpholine rings is 1. The van der Waals surface area contributed by atoms with Crippen LogP contribution in [0.4, 0.5) is 5.69 Å². The quantitative estimate of drug-likeness (QED) is 0.889. The van der Waals surface area contributed by atoms with Crippen LogP contribution >= 0.6 is 0 Å². The first-order chi connectivity index (χ1) is 10.3. The molecule has 3 rings (SSSR count). The second-order valence-electron chi connectivity index (χ2n) is 6.11. The normalized spacial score (nSPS) is 26.8. The van der Waals surface area contributed by atoms with Gasteiger partial charge in [-0.1, -0.05) is 25.0 Å². The van der Waals surface area contributed by atoms with E-state index in [2.05, 4.69) is 34.5 Å². The number of benzene rings is 1. The van der Waals surface area contributed by atoms with E-state index in [1.807, 2.05) is 0 Å². The van der Waals surface area contributed by atoms with E-state index in [9.17, 15) is 5.11 Å². The maximum Gasteiger partial charge on any atom is 0.0693 e. The lowest BCUT2D eigenvalue weighted by molar-refractivity contribution is 0.0902. The predicted octanol–water partition coefficient (Wildman–Crippen LogP) is 1.92. The highest BCUT2D eigenvalue weighted by Crippen LogP contribution is 2.20. The Morgan fingerprint density at radius 1 is 1.10 bits per heavy atom. The molecule has 1 aromatic rings. The Balaban J connectivity index is 1.52. The van der Waals surface area contributed by atoms with Gasteiger partial charge in [0, 0.05) is 31.4 Å². The Morgan fingerprint density at radius 2 is 1.81 bits per heavy atom. The van der Waals surface area contributed by atoms with Crippen molar-refractivity contribution < 1.29 is 9.84 Å². The highest BCUT2D eigenvalue weighted by Gasteiger charge is 2.22. The van der Waals surface area contributed by atoms with Crippen LogP contribution in [-0.4, -0.2) is 43.6 Å². The zero-order valence-electron chi connectivity index (χ0n) is 12.6. The molecule has 0 amide bonds. The van der Waals surface area contributed by atoms with Crippen molar-refractivity contribution in [2.24, 2.45) is 0 Å². The monoisotopic (exact) mass is 290 g/mol. The van der Waals surface area contributed by atoms with Crippen LogP contribution in [0, 0.1) is 0 Å². The average molecular weight is 290 g/mol. The molecule has 0 aromatic heterocycles. The molecule has 2 atom stereocenters. The maximum atomic E-state index is 9.98. The molecule has 116 valence electrons. The van der Waals surface area contributed by atoms with E-state index >= 15 is 0 Å². The fraction of sp³-hybridized carbons (Fsp3) is 0.647. The van der Waals surface area contributed by atoms with Gasteiger partial charge in [-0.3, -0.25) is 0 Å². The molecule has 1 saturated carbocycles. The lowest BCUT2D eigenvalue weighted by Crippen LogP contribution is -2.41. The minimum Gasteiger partial charge on any atom is -0.392 e. The van der Waals surface area contributed by atoms with Crippen molar-refractivity contribution in [2.75, 3.05) is 31.2 Å². The summed E-state index contributed by atoms with van der Waals surface area (Å²) < 4.78 is 5.39. The molecule has 1 saturated heterocycles. The van der Waals surface area contributed by atoms with Crippen LogP contribution in [0.25, 0.3) is 0 Å². The van der Waals surface area contributed by atoms with Gasteiger partial charge >= 0.3 is 0 Å². The van der Waals surface area contributed by atoms with Gasteiger partial charge in [0.15, 0.2) is 0 Å². The summed E-state index contributed by atoms with van der Waals surface area (Å²) in [6.45, 7) is 4.44. The summed E-state index contributed by atoms with van der Waals surface area (Å²) in [6.07, 6.45) is 4.24. The molecule has 2 aliphatic rings. The fourth-order valence-electron chi connectivity index (χ4n) is 3.24. The number of aliphatic hydroxyl groups is 1. The van der Waals surface area contributed by atoms with Gasteiger partial charge in [0.25, 0.3) is 0 Å². The van der Waals surface area contributed by atoms with Gasteiger partial charge in [-0.15, -0.1) is 0 Å². The van der Waals surface area contributed by atoms with Crippen molar-refractivity contribution in [1.82, 2.24) is 5.32 Å². The summed E-state index contributed by atoms with van der Waals surface area (Å²) in [4.78, 5) is 2.37. The van der Waals surface area contributed by atoms with E-state index in [0.29, 0.717) is 0 Å². The Labute approximate surface area is 127 Å². The summed E-state index contributed by atoms with van der Waals surface area (Å²) in [5.74, 6) is 0. The smallest absolute Gasteiger partial charge is 0.0693 e. The van der Waals surface area contributed by atoms with Crippen LogP contribution in [0.2, 0.25) is 0 Å². The zero-order valence-corrected chi connectivity index (χ0v) is 12.6. The number of aliphatic hydroxyl groups excluding tert-OH is 1. The van der Waals surface area contributed by atoms with Crippen LogP contribution < -0.4 is 10.2 Å². The van der Waals surface area contributed by atoms with E-state index in [-0.39, 0.29) is 12.1 Å². The number of hydrogen-bond acceptors (Lipinski definition) is 4. The molecule has 1 heterocycles. The fourth-order valence-corrected chi connectivity index (χ4v) is 3.24. The van der Waals surface area contributed by atoms with Crippen molar-refractivity contribution in [3.63, 3.8) is 0 Å². The molecule has 2 N–H and O–H groups in total. The van der Waals surface area contributed by atoms with E-state index in [0.717, 1.165) is 52.1 Å². The molecule has 21 heavy (non-hydrogen) atoms. The molecule has 0 radical (unpaired) electrons. The third kappa shape index (κ3) is 3.96. The first kappa shape index (κ1) is 14.8. The van der Waals surface area contributed by atoms with E-state index in [1.54, 1.807) is 0 Å². The topological polar surface area (TPSA) is 44.7 Å². The molecule has 4 nitrogen and oxygen atoms in total. The highest BCUT2D eigenvalue weighted by atomic mass is 16.5. The Bertz CT molecular complexity index is 429. The van der Waals surface area contributed by atoms with Crippen molar-refractivity contribution >= 4 is 5.69 Å². The summed E-state index contributed by atoms with van der Waals surface area (Å²) >= 11 is 0. The third-order valence-electron chi connectivity index (χ3n) is 4.61. The van der Waals surface area contributed by atoms with Crippen molar-refractivity contribution in [1.29, 1.82) is 0 Å². The number of nitrogens with one attached hydrogen (secondary N) is 1. The SMILES string of the molecule is O[C@@H]1CCCC[C@H]1NCc1ccc(N2CCOCC2)cc1. The van der Waals surface area contributed by atoms with Crippen LogP contribution in [0.3, 0.4) is 0 Å². The molecule has 1 aromatic carbocycles. The Hall–Kier alpha value is -1.10. The minimum absolute atomic E-state index is 0.175. The van der Waals surface area contributed by atoms with Crippen LogP contribution in [0.1, 0.15) is 31.2 Å². The number of ether oxygens (including phenoxy) is 1. The summed E-state index contributed by atoms with van der Waals surface area (Å²) in [5.41, 5.74) is 2.56. The highest BCUT2D eigenvalue weighted by molar-refractivity contribution is 5.47. The standard InChI is InChI=1S/C17H26N2O2/c20-17-4-2-1-3-16(17)18-13-14-5-7-15(8-6-14)19-9-11-21-12-10-19/h5-8,16-18,20H,1-4,9-13H2/t16-,17-/m1/s1. The minimum atomic E-state index is -0.175. The number of anilines is 1. The molecular weight excluding hydrogens is 264 g/mol. The summed E-state index contributed by atoms with van der Waals surface area (Å²) in [7, 11) is 0. The molecule has 1 aliphatic carbocycles. The van der Waals surface area contributed by atoms with Gasteiger partial charge in [0.05, 0.1) is 19.3 Å². The molecular formula is C17H26N2O2. The van der Waals surface area contributed by atoms with Gasteiger partial charge in [-0.25, -0.2) is 0 Å². The van der Waals surface area contributed by atoms with E-state index in [4.69, 9.17) is 4.74 Å². The number of rotatable bonds is 4. The lowest BCUT2D eigenvalue weighted by Gasteiger charge is -2.29. The van der Waals surface area contributed by atoms with Crippen LogP contribution in [-0.2, 0) is 11.3 Å². The predicted molar refractivity (Wildman–Crippen MR) is 84.6 cm³/mol. The largest absolute Gasteiger partial charge is 0.392 e. The van der Waals surface area contributed by atoms with Gasteiger partial charge in [-0.2, -0.15) is 0 Å². The second-order valence-corrected chi connectivity index (χ2v) is 6.11. The first-order valence-corrected chi connectivity index (χ1v) is 8.16. The average Bonchev–Trinajstić information content (AvgIpc) is 2.55. The Kier molecular flexibility index (Phi) is 5.12. The van der Waals surface area contributed by atoms with Gasteiger partial charge in [-0.05, 0) is 30.5 Å². The molecule has 0 spiro atoms. The maximum absolute atomic E-state index is 9.98. The zero-order chi connectivity index (χ0) is 14.5. The summed E-state index contributed by atoms with van der Waals surface area (Å²) in [5, 5.41) is 13.5. The lowest BCUT2D eigenvalue weighted by atomic mass is 9.92. The van der Waals surface area contributed by atoms with Crippen molar-refractivity contribution in [2.45, 2.75) is 44.4 Å². The van der Waals surface area contributed by atoms with E-state index in [1.165, 1.54) is 17.7 Å². The molecule has 0 bridgehead atoms. The Morgan fingerprint density at radius 3 is 2.52 bits per heavy atom. The van der Waals surface area contributed by atoms with Crippen molar-refractivity contribution in [3.05, 3.63) is 29.8 Å². The van der Waals surface area contributed by atoms with Crippen molar-refractivity contribution in [3.8, 4) is 0 Å². The van der Waals surface area contributed by atoms with Crippen LogP contribution in [0.5, 0.6) is 0 Å². The first-order valence-electron chi connectivity index (χ1n) is 8.16. The molecule has 2 fully saturated rings. The van der Waals surface area contributed by atoms with Gasteiger partial charge in [0.1, 0.15) is 0 Å². The molecule has 0 unspecified atom stereocenters. The van der Waals surface area contributed by atoms with Crippen LogP contribution in [0.15, 0.2) is 24.3 Å². The third-order valence-corrected chi connectivity index (χ3v) is 4.61. The number of hydrogen-bond donors (Lipinski definition) is 2. The molecule has 4 heteroatoms.